The molecule has 0 amide bonds. The predicted octanol–water partition coefficient (Wildman–Crippen LogP) is 3.24. The molecule has 0 aliphatic heterocycles. The van der Waals surface area contributed by atoms with Crippen molar-refractivity contribution >= 4 is 27.0 Å². The molecule has 0 unspecified atom stereocenters. The van der Waals surface area contributed by atoms with Gasteiger partial charge in [0.25, 0.3) is 0 Å². The standard InChI is InChI=1S/C13H10BrN3/c14-11-6-7-15-12-8-16-17(13(11)12)9-10-4-2-1-3-5-10/h1-8H,9H2. The molecule has 0 spiro atoms. The van der Waals surface area contributed by atoms with Gasteiger partial charge in [0.05, 0.1) is 12.7 Å². The molecule has 0 radical (unpaired) electrons. The summed E-state index contributed by atoms with van der Waals surface area (Å²) in [6.45, 7) is 0.759. The van der Waals surface area contributed by atoms with Crippen LogP contribution in [0.25, 0.3) is 11.0 Å². The summed E-state index contributed by atoms with van der Waals surface area (Å²) in [6, 6.07) is 12.2. The Hall–Kier alpha value is -1.68. The van der Waals surface area contributed by atoms with Crippen molar-refractivity contribution in [1.82, 2.24) is 14.8 Å². The Labute approximate surface area is 107 Å². The third-order valence-electron chi connectivity index (χ3n) is 2.66. The second-order valence-corrected chi connectivity index (χ2v) is 4.67. The van der Waals surface area contributed by atoms with Gasteiger partial charge in [0, 0.05) is 10.7 Å². The van der Waals surface area contributed by atoms with Crippen LogP contribution in [-0.2, 0) is 6.54 Å². The lowest BCUT2D eigenvalue weighted by Crippen LogP contribution is -2.01. The molecule has 0 aliphatic rings. The Bertz CT molecular complexity index is 646. The van der Waals surface area contributed by atoms with E-state index in [2.05, 4.69) is 38.1 Å². The van der Waals surface area contributed by atoms with E-state index in [1.807, 2.05) is 28.9 Å². The average molecular weight is 288 g/mol. The van der Waals surface area contributed by atoms with E-state index in [1.165, 1.54) is 5.56 Å². The van der Waals surface area contributed by atoms with E-state index in [1.54, 1.807) is 12.4 Å². The highest BCUT2D eigenvalue weighted by molar-refractivity contribution is 9.10. The first kappa shape index (κ1) is 10.5. The molecular formula is C13H10BrN3. The van der Waals surface area contributed by atoms with Crippen LogP contribution in [0.4, 0.5) is 0 Å². The minimum atomic E-state index is 0.759. The highest BCUT2D eigenvalue weighted by Crippen LogP contribution is 2.22. The molecule has 2 heterocycles. The molecule has 3 nitrogen and oxygen atoms in total. The van der Waals surface area contributed by atoms with Gasteiger partial charge >= 0.3 is 0 Å². The lowest BCUT2D eigenvalue weighted by molar-refractivity contribution is 0.711. The third kappa shape index (κ3) is 1.96. The summed E-state index contributed by atoms with van der Waals surface area (Å²) in [5, 5.41) is 4.38. The van der Waals surface area contributed by atoms with Crippen molar-refractivity contribution in [2.75, 3.05) is 0 Å². The van der Waals surface area contributed by atoms with Gasteiger partial charge in [-0.05, 0) is 27.6 Å². The zero-order chi connectivity index (χ0) is 11.7. The van der Waals surface area contributed by atoms with Crippen LogP contribution >= 0.6 is 15.9 Å². The molecule has 0 fully saturated rings. The molecule has 84 valence electrons. The molecular weight excluding hydrogens is 278 g/mol. The van der Waals surface area contributed by atoms with Gasteiger partial charge in [-0.2, -0.15) is 5.10 Å². The number of aromatic nitrogens is 3. The quantitative estimate of drug-likeness (QED) is 0.724. The molecule has 3 rings (SSSR count). The predicted molar refractivity (Wildman–Crippen MR) is 70.8 cm³/mol. The van der Waals surface area contributed by atoms with Gasteiger partial charge in [0.15, 0.2) is 0 Å². The third-order valence-corrected chi connectivity index (χ3v) is 3.30. The fraction of sp³-hybridized carbons (Fsp3) is 0.0769. The van der Waals surface area contributed by atoms with Crippen LogP contribution in [0, 0.1) is 0 Å². The zero-order valence-electron chi connectivity index (χ0n) is 9.05. The van der Waals surface area contributed by atoms with Crippen LogP contribution in [-0.4, -0.2) is 14.8 Å². The van der Waals surface area contributed by atoms with Crippen LogP contribution in [0.5, 0.6) is 0 Å². The summed E-state index contributed by atoms with van der Waals surface area (Å²) < 4.78 is 2.98. The number of benzene rings is 1. The number of nitrogens with zero attached hydrogens (tertiary/aromatic N) is 3. The van der Waals surface area contributed by atoms with E-state index in [0.717, 1.165) is 22.1 Å². The first-order valence-electron chi connectivity index (χ1n) is 5.34. The Morgan fingerprint density at radius 2 is 1.94 bits per heavy atom. The van der Waals surface area contributed by atoms with Crippen LogP contribution in [0.2, 0.25) is 0 Å². The summed E-state index contributed by atoms with van der Waals surface area (Å²) in [4.78, 5) is 4.29. The molecule has 3 aromatic rings. The van der Waals surface area contributed by atoms with Gasteiger partial charge in [0.1, 0.15) is 11.0 Å². The Balaban J connectivity index is 2.07. The van der Waals surface area contributed by atoms with Gasteiger partial charge in [-0.15, -0.1) is 0 Å². The molecule has 4 heteroatoms. The molecule has 0 saturated heterocycles. The van der Waals surface area contributed by atoms with Gasteiger partial charge in [-0.3, -0.25) is 9.67 Å². The largest absolute Gasteiger partial charge is 0.258 e. The smallest absolute Gasteiger partial charge is 0.109 e. The molecule has 1 aromatic carbocycles. The number of hydrogen-bond acceptors (Lipinski definition) is 2. The van der Waals surface area contributed by atoms with Crippen LogP contribution in [0.1, 0.15) is 5.56 Å². The number of rotatable bonds is 2. The van der Waals surface area contributed by atoms with E-state index in [-0.39, 0.29) is 0 Å². The zero-order valence-corrected chi connectivity index (χ0v) is 10.6. The lowest BCUT2D eigenvalue weighted by atomic mass is 10.2. The maximum atomic E-state index is 4.38. The van der Waals surface area contributed by atoms with Crippen LogP contribution in [0.3, 0.4) is 0 Å². The Kier molecular flexibility index (Phi) is 2.65. The van der Waals surface area contributed by atoms with E-state index in [4.69, 9.17) is 0 Å². The number of hydrogen-bond donors (Lipinski definition) is 0. The summed E-state index contributed by atoms with van der Waals surface area (Å²) >= 11 is 3.54. The Morgan fingerprint density at radius 3 is 2.76 bits per heavy atom. The minimum absolute atomic E-state index is 0.759. The van der Waals surface area contributed by atoms with Crippen LogP contribution in [0.15, 0.2) is 53.3 Å². The fourth-order valence-corrected chi connectivity index (χ4v) is 2.38. The number of pyridine rings is 1. The van der Waals surface area contributed by atoms with Gasteiger partial charge < -0.3 is 0 Å². The van der Waals surface area contributed by atoms with Gasteiger partial charge in [-0.1, -0.05) is 30.3 Å². The van der Waals surface area contributed by atoms with Crippen molar-refractivity contribution in [3.63, 3.8) is 0 Å². The van der Waals surface area contributed by atoms with Crippen molar-refractivity contribution in [3.8, 4) is 0 Å². The Morgan fingerprint density at radius 1 is 1.12 bits per heavy atom. The summed E-state index contributed by atoms with van der Waals surface area (Å²) in [5.74, 6) is 0. The van der Waals surface area contributed by atoms with Crippen molar-refractivity contribution in [2.45, 2.75) is 6.54 Å². The summed E-state index contributed by atoms with van der Waals surface area (Å²) in [5.41, 5.74) is 3.18. The summed E-state index contributed by atoms with van der Waals surface area (Å²) in [7, 11) is 0. The molecule has 17 heavy (non-hydrogen) atoms. The normalized spacial score (nSPS) is 10.9. The molecule has 0 atom stereocenters. The number of fused-ring (bicyclic) bond motifs is 1. The SMILES string of the molecule is Brc1ccnc2cnn(Cc3ccccc3)c12. The average Bonchev–Trinajstić information content (AvgIpc) is 2.75. The monoisotopic (exact) mass is 287 g/mol. The summed E-state index contributed by atoms with van der Waals surface area (Å²) in [6.07, 6.45) is 3.57. The maximum Gasteiger partial charge on any atom is 0.109 e. The molecule has 0 N–H and O–H groups in total. The minimum Gasteiger partial charge on any atom is -0.258 e. The van der Waals surface area contributed by atoms with Crippen molar-refractivity contribution in [3.05, 3.63) is 58.8 Å². The number of halogens is 1. The van der Waals surface area contributed by atoms with E-state index >= 15 is 0 Å². The first-order valence-corrected chi connectivity index (χ1v) is 6.14. The highest BCUT2D eigenvalue weighted by Gasteiger charge is 2.07. The molecule has 0 aliphatic carbocycles. The fourth-order valence-electron chi connectivity index (χ4n) is 1.85. The topological polar surface area (TPSA) is 30.7 Å². The van der Waals surface area contributed by atoms with Crippen molar-refractivity contribution < 1.29 is 0 Å². The first-order chi connectivity index (χ1) is 8.34. The van der Waals surface area contributed by atoms with E-state index in [0.29, 0.717) is 0 Å². The molecule has 2 aromatic heterocycles. The van der Waals surface area contributed by atoms with Crippen LogP contribution < -0.4 is 0 Å². The van der Waals surface area contributed by atoms with E-state index < -0.39 is 0 Å². The second kappa shape index (κ2) is 4.30. The van der Waals surface area contributed by atoms with E-state index in [9.17, 15) is 0 Å². The van der Waals surface area contributed by atoms with Crippen molar-refractivity contribution in [2.24, 2.45) is 0 Å². The van der Waals surface area contributed by atoms with Gasteiger partial charge in [-0.25, -0.2) is 0 Å². The molecule has 0 bridgehead atoms. The van der Waals surface area contributed by atoms with Crippen molar-refractivity contribution in [1.29, 1.82) is 0 Å². The molecule has 0 saturated carbocycles. The highest BCUT2D eigenvalue weighted by atomic mass is 79.9. The lowest BCUT2D eigenvalue weighted by Gasteiger charge is -2.04. The maximum absolute atomic E-state index is 4.38. The second-order valence-electron chi connectivity index (χ2n) is 3.81. The van der Waals surface area contributed by atoms with Gasteiger partial charge in [0.2, 0.25) is 0 Å².